The molecule has 78 valence electrons. The maximum atomic E-state index is 12.6. The first kappa shape index (κ1) is 10.6. The van der Waals surface area contributed by atoms with Gasteiger partial charge in [0, 0.05) is 16.0 Å². The minimum Gasteiger partial charge on any atom is -0.249 e. The molecule has 4 heteroatoms. The molecule has 0 unspecified atom stereocenters. The third-order valence-electron chi connectivity index (χ3n) is 1.85. The molecule has 1 heterocycles. The van der Waals surface area contributed by atoms with E-state index < -0.39 is 0 Å². The lowest BCUT2D eigenvalue weighted by atomic mass is 10.4. The number of thiazole rings is 1. The third kappa shape index (κ3) is 3.04. The maximum absolute atomic E-state index is 12.6. The molecule has 1 nitrogen and oxygen atoms in total. The Balaban J connectivity index is 1.96. The van der Waals surface area contributed by atoms with Crippen LogP contribution in [0.5, 0.6) is 0 Å². The van der Waals surface area contributed by atoms with Crippen LogP contribution < -0.4 is 0 Å². The summed E-state index contributed by atoms with van der Waals surface area (Å²) in [5.41, 5.74) is 0. The van der Waals surface area contributed by atoms with E-state index in [1.807, 2.05) is 13.1 Å². The van der Waals surface area contributed by atoms with Gasteiger partial charge in [-0.1, -0.05) is 0 Å². The van der Waals surface area contributed by atoms with E-state index in [1.165, 1.54) is 17.0 Å². The summed E-state index contributed by atoms with van der Waals surface area (Å²) >= 11 is 3.38. The number of nitrogens with zero attached hydrogens (tertiary/aromatic N) is 1. The molecule has 2 aromatic rings. The highest BCUT2D eigenvalue weighted by molar-refractivity contribution is 7.98. The summed E-state index contributed by atoms with van der Waals surface area (Å²) in [7, 11) is 0. The summed E-state index contributed by atoms with van der Waals surface area (Å²) in [5, 5.41) is 1.11. The zero-order chi connectivity index (χ0) is 10.7. The van der Waals surface area contributed by atoms with Crippen LogP contribution in [0.25, 0.3) is 0 Å². The number of benzene rings is 1. The molecule has 15 heavy (non-hydrogen) atoms. The first-order valence-electron chi connectivity index (χ1n) is 4.54. The van der Waals surface area contributed by atoms with Gasteiger partial charge in [0.2, 0.25) is 0 Å². The van der Waals surface area contributed by atoms with Crippen LogP contribution in [-0.4, -0.2) is 4.98 Å². The molecule has 0 N–H and O–H groups in total. The Labute approximate surface area is 96.4 Å². The molecule has 0 saturated carbocycles. The fraction of sp³-hybridized carbons (Fsp3) is 0.182. The fourth-order valence-corrected chi connectivity index (χ4v) is 2.83. The van der Waals surface area contributed by atoms with E-state index in [-0.39, 0.29) is 5.82 Å². The van der Waals surface area contributed by atoms with Gasteiger partial charge in [-0.2, -0.15) is 0 Å². The minimum absolute atomic E-state index is 0.190. The topological polar surface area (TPSA) is 12.9 Å². The molecular formula is C11H10FNS2. The van der Waals surface area contributed by atoms with Crippen LogP contribution in [0.2, 0.25) is 0 Å². The Morgan fingerprint density at radius 3 is 2.67 bits per heavy atom. The molecule has 0 aliphatic rings. The first-order chi connectivity index (χ1) is 7.24. The number of hydrogen-bond donors (Lipinski definition) is 0. The molecular weight excluding hydrogens is 229 g/mol. The molecule has 0 atom stereocenters. The van der Waals surface area contributed by atoms with E-state index in [2.05, 4.69) is 4.98 Å². The predicted molar refractivity (Wildman–Crippen MR) is 62.8 cm³/mol. The SMILES string of the molecule is Cc1cnc(CSc2ccc(F)cc2)s1. The van der Waals surface area contributed by atoms with Gasteiger partial charge in [0.15, 0.2) is 0 Å². The van der Waals surface area contributed by atoms with Crippen molar-refractivity contribution in [3.63, 3.8) is 0 Å². The first-order valence-corrected chi connectivity index (χ1v) is 6.34. The molecule has 0 aliphatic heterocycles. The fourth-order valence-electron chi connectivity index (χ4n) is 1.14. The van der Waals surface area contributed by atoms with Crippen molar-refractivity contribution in [3.8, 4) is 0 Å². The van der Waals surface area contributed by atoms with Gasteiger partial charge in [-0.3, -0.25) is 0 Å². The Morgan fingerprint density at radius 1 is 1.33 bits per heavy atom. The summed E-state index contributed by atoms with van der Waals surface area (Å²) in [6.07, 6.45) is 1.88. The summed E-state index contributed by atoms with van der Waals surface area (Å²) in [5.74, 6) is 0.661. The molecule has 0 spiro atoms. The Morgan fingerprint density at radius 2 is 2.07 bits per heavy atom. The van der Waals surface area contributed by atoms with Gasteiger partial charge < -0.3 is 0 Å². The summed E-state index contributed by atoms with van der Waals surface area (Å²) in [4.78, 5) is 6.57. The van der Waals surface area contributed by atoms with E-state index in [4.69, 9.17) is 0 Å². The zero-order valence-corrected chi connectivity index (χ0v) is 9.87. The quantitative estimate of drug-likeness (QED) is 0.754. The van der Waals surface area contributed by atoms with Gasteiger partial charge in [0.05, 0.1) is 5.75 Å². The predicted octanol–water partition coefficient (Wildman–Crippen LogP) is 3.88. The van der Waals surface area contributed by atoms with Crippen molar-refractivity contribution < 1.29 is 4.39 Å². The van der Waals surface area contributed by atoms with Gasteiger partial charge in [0.25, 0.3) is 0 Å². The number of halogens is 1. The summed E-state index contributed by atoms with van der Waals surface area (Å²) in [6.45, 7) is 2.05. The molecule has 0 radical (unpaired) electrons. The van der Waals surface area contributed by atoms with Crippen molar-refractivity contribution in [1.82, 2.24) is 4.98 Å². The average Bonchev–Trinajstić information content (AvgIpc) is 2.64. The largest absolute Gasteiger partial charge is 0.249 e. The molecule has 0 fully saturated rings. The number of aryl methyl sites for hydroxylation is 1. The number of hydrogen-bond acceptors (Lipinski definition) is 3. The smallest absolute Gasteiger partial charge is 0.123 e. The van der Waals surface area contributed by atoms with Gasteiger partial charge in [0.1, 0.15) is 10.8 Å². The van der Waals surface area contributed by atoms with Crippen molar-refractivity contribution in [2.45, 2.75) is 17.6 Å². The molecule has 1 aromatic heterocycles. The van der Waals surface area contributed by atoms with Crippen LogP contribution in [-0.2, 0) is 5.75 Å². The number of rotatable bonds is 3. The molecule has 2 rings (SSSR count). The lowest BCUT2D eigenvalue weighted by Crippen LogP contribution is -1.78. The van der Waals surface area contributed by atoms with Crippen LogP contribution in [0.4, 0.5) is 4.39 Å². The Bertz CT molecular complexity index is 436. The van der Waals surface area contributed by atoms with E-state index in [0.29, 0.717) is 0 Å². The van der Waals surface area contributed by atoms with Gasteiger partial charge >= 0.3 is 0 Å². The van der Waals surface area contributed by atoms with Crippen molar-refractivity contribution >= 4 is 23.1 Å². The number of aromatic nitrogens is 1. The van der Waals surface area contributed by atoms with Gasteiger partial charge in [-0.15, -0.1) is 23.1 Å². The number of thioether (sulfide) groups is 1. The second-order valence-corrected chi connectivity index (χ2v) is 5.48. The van der Waals surface area contributed by atoms with Crippen LogP contribution in [0.1, 0.15) is 9.88 Å². The summed E-state index contributed by atoms with van der Waals surface area (Å²) < 4.78 is 12.6. The van der Waals surface area contributed by atoms with E-state index in [1.54, 1.807) is 35.2 Å². The normalized spacial score (nSPS) is 10.5. The standard InChI is InChI=1S/C11H10FNS2/c1-8-6-13-11(15-8)7-14-10-4-2-9(12)3-5-10/h2-6H,7H2,1H3. The Hall–Kier alpha value is -0.870. The maximum Gasteiger partial charge on any atom is 0.123 e. The van der Waals surface area contributed by atoms with E-state index in [9.17, 15) is 4.39 Å². The third-order valence-corrected chi connectivity index (χ3v) is 3.96. The highest BCUT2D eigenvalue weighted by atomic mass is 32.2. The minimum atomic E-state index is -0.190. The molecule has 0 saturated heterocycles. The van der Waals surface area contributed by atoms with E-state index >= 15 is 0 Å². The molecule has 0 aliphatic carbocycles. The van der Waals surface area contributed by atoms with E-state index in [0.717, 1.165) is 15.7 Å². The second kappa shape index (κ2) is 4.77. The highest BCUT2D eigenvalue weighted by Crippen LogP contribution is 2.24. The highest BCUT2D eigenvalue weighted by Gasteiger charge is 2.00. The average molecular weight is 239 g/mol. The van der Waals surface area contributed by atoms with Crippen LogP contribution >= 0.6 is 23.1 Å². The van der Waals surface area contributed by atoms with Crippen molar-refractivity contribution in [2.75, 3.05) is 0 Å². The lowest BCUT2D eigenvalue weighted by Gasteiger charge is -1.98. The lowest BCUT2D eigenvalue weighted by molar-refractivity contribution is 0.626. The second-order valence-electron chi connectivity index (χ2n) is 3.11. The van der Waals surface area contributed by atoms with Gasteiger partial charge in [-0.25, -0.2) is 9.37 Å². The summed E-state index contributed by atoms with van der Waals surface area (Å²) in [6, 6.07) is 6.55. The van der Waals surface area contributed by atoms with Crippen LogP contribution in [0.3, 0.4) is 0 Å². The van der Waals surface area contributed by atoms with Gasteiger partial charge in [-0.05, 0) is 31.2 Å². The van der Waals surface area contributed by atoms with Crippen LogP contribution in [0, 0.1) is 12.7 Å². The van der Waals surface area contributed by atoms with Crippen molar-refractivity contribution in [3.05, 3.63) is 46.2 Å². The molecule has 0 bridgehead atoms. The zero-order valence-electron chi connectivity index (χ0n) is 8.24. The monoisotopic (exact) mass is 239 g/mol. The Kier molecular flexibility index (Phi) is 3.38. The van der Waals surface area contributed by atoms with Crippen LogP contribution in [0.15, 0.2) is 35.4 Å². The van der Waals surface area contributed by atoms with Crippen molar-refractivity contribution in [2.24, 2.45) is 0 Å². The van der Waals surface area contributed by atoms with Crippen molar-refractivity contribution in [1.29, 1.82) is 0 Å². The molecule has 0 amide bonds. The molecule has 1 aromatic carbocycles.